The molecule has 0 bridgehead atoms. The summed E-state index contributed by atoms with van der Waals surface area (Å²) in [7, 11) is -9.98. The number of hydrogen-bond donors (Lipinski definition) is 3. The monoisotopic (exact) mass is 1500 g/mol. The van der Waals surface area contributed by atoms with E-state index in [-0.39, 0.29) is 25.7 Å². The molecule has 0 aliphatic heterocycles. The second-order valence-electron chi connectivity index (χ2n) is 27.0. The predicted molar refractivity (Wildman–Crippen MR) is 427 cm³/mol. The Balaban J connectivity index is 5.40. The first-order valence-electron chi connectivity index (χ1n) is 40.8. The van der Waals surface area contributed by atoms with Crippen LogP contribution < -0.4 is 0 Å². The van der Waals surface area contributed by atoms with Crippen LogP contribution in [0.1, 0.15) is 336 Å². The van der Waals surface area contributed by atoms with Crippen molar-refractivity contribution in [3.05, 3.63) is 122 Å². The van der Waals surface area contributed by atoms with Gasteiger partial charge in [0.2, 0.25) is 0 Å². The minimum Gasteiger partial charge on any atom is -0.462 e. The zero-order valence-electron chi connectivity index (χ0n) is 65.4. The third kappa shape index (κ3) is 75.7. The number of ether oxygens (including phenoxy) is 4. The summed E-state index contributed by atoms with van der Waals surface area (Å²) in [6.07, 6.45) is 84.6. The van der Waals surface area contributed by atoms with Gasteiger partial charge in [-0.2, -0.15) is 0 Å². The largest absolute Gasteiger partial charge is 0.472 e. The van der Waals surface area contributed by atoms with Crippen LogP contribution in [0.4, 0.5) is 0 Å². The number of phosphoric acid groups is 2. The van der Waals surface area contributed by atoms with E-state index in [9.17, 15) is 43.2 Å². The van der Waals surface area contributed by atoms with E-state index < -0.39 is 97.5 Å². The number of aliphatic hydroxyl groups is 1. The molecule has 0 heterocycles. The van der Waals surface area contributed by atoms with Crippen LogP contribution in [0, 0.1) is 0 Å². The number of rotatable bonds is 76. The minimum absolute atomic E-state index is 0.0377. The maximum atomic E-state index is 13.1. The summed E-state index contributed by atoms with van der Waals surface area (Å²) in [4.78, 5) is 73.1. The van der Waals surface area contributed by atoms with E-state index in [2.05, 4.69) is 149 Å². The molecule has 0 aliphatic rings. The van der Waals surface area contributed by atoms with E-state index in [4.69, 9.17) is 37.0 Å². The molecule has 0 aliphatic carbocycles. The number of carbonyl (C=O) groups is 4. The molecular weight excluding hydrogens is 1350 g/mol. The number of aliphatic hydroxyl groups excluding tert-OH is 1. The fourth-order valence-corrected chi connectivity index (χ4v) is 12.3. The lowest BCUT2D eigenvalue weighted by atomic mass is 10.0. The number of esters is 4. The van der Waals surface area contributed by atoms with E-state index in [1.165, 1.54) is 83.5 Å². The Labute approximate surface area is 632 Å². The van der Waals surface area contributed by atoms with Crippen molar-refractivity contribution in [2.45, 2.75) is 354 Å². The van der Waals surface area contributed by atoms with E-state index >= 15 is 0 Å². The molecule has 5 atom stereocenters. The highest BCUT2D eigenvalue weighted by Crippen LogP contribution is 2.45. The highest BCUT2D eigenvalue weighted by atomic mass is 31.2. The molecule has 0 saturated carbocycles. The molecular formula is C85H146O17P2. The number of phosphoric ester groups is 2. The van der Waals surface area contributed by atoms with Crippen LogP contribution in [0.25, 0.3) is 0 Å². The Hall–Kier alpha value is -4.54. The van der Waals surface area contributed by atoms with Gasteiger partial charge in [-0.25, -0.2) is 9.13 Å². The van der Waals surface area contributed by atoms with Crippen molar-refractivity contribution in [3.63, 3.8) is 0 Å². The van der Waals surface area contributed by atoms with Crippen molar-refractivity contribution in [1.82, 2.24) is 0 Å². The zero-order chi connectivity index (χ0) is 76.0. The number of unbranched alkanes of at least 4 members (excludes halogenated alkanes) is 30. The first-order valence-corrected chi connectivity index (χ1v) is 43.8. The minimum atomic E-state index is -4.99. The second-order valence-corrected chi connectivity index (χ2v) is 29.9. The lowest BCUT2D eigenvalue weighted by molar-refractivity contribution is -0.161. The highest BCUT2D eigenvalue weighted by Gasteiger charge is 2.30. The van der Waals surface area contributed by atoms with E-state index in [1.807, 2.05) is 0 Å². The van der Waals surface area contributed by atoms with Crippen LogP contribution in [0.2, 0.25) is 0 Å². The average molecular weight is 1500 g/mol. The Morgan fingerprint density at radius 1 is 0.279 bits per heavy atom. The number of hydrogen-bond acceptors (Lipinski definition) is 15. The maximum absolute atomic E-state index is 13.1. The first kappa shape index (κ1) is 99.5. The van der Waals surface area contributed by atoms with Crippen LogP contribution in [0.3, 0.4) is 0 Å². The molecule has 3 N–H and O–H groups in total. The van der Waals surface area contributed by atoms with Gasteiger partial charge in [-0.15, -0.1) is 0 Å². The summed E-state index contributed by atoms with van der Waals surface area (Å²) in [5.74, 6) is -2.24. The van der Waals surface area contributed by atoms with Crippen LogP contribution in [-0.2, 0) is 65.4 Å². The Kier molecular flexibility index (Phi) is 73.3. The second kappa shape index (κ2) is 76.6. The van der Waals surface area contributed by atoms with Crippen molar-refractivity contribution in [1.29, 1.82) is 0 Å². The van der Waals surface area contributed by atoms with Gasteiger partial charge in [0.05, 0.1) is 26.4 Å². The summed E-state index contributed by atoms with van der Waals surface area (Å²) < 4.78 is 68.6. The van der Waals surface area contributed by atoms with Crippen molar-refractivity contribution in [2.24, 2.45) is 0 Å². The van der Waals surface area contributed by atoms with Crippen LogP contribution in [0.15, 0.2) is 122 Å². The first-order chi connectivity index (χ1) is 50.7. The fourth-order valence-electron chi connectivity index (χ4n) is 10.8. The molecule has 19 heteroatoms. The van der Waals surface area contributed by atoms with Crippen LogP contribution in [-0.4, -0.2) is 96.7 Å². The number of carbonyl (C=O) groups excluding carboxylic acids is 4. The summed E-state index contributed by atoms with van der Waals surface area (Å²) in [6.45, 7) is 4.58. The normalized spacial score (nSPS) is 14.5. The molecule has 104 heavy (non-hydrogen) atoms. The van der Waals surface area contributed by atoms with E-state index in [0.29, 0.717) is 32.1 Å². The lowest BCUT2D eigenvalue weighted by Gasteiger charge is -2.21. The topological polar surface area (TPSA) is 237 Å². The third-order valence-corrected chi connectivity index (χ3v) is 18.8. The Morgan fingerprint density at radius 2 is 0.500 bits per heavy atom. The Bertz CT molecular complexity index is 2440. The summed E-state index contributed by atoms with van der Waals surface area (Å²) in [6, 6.07) is 0. The molecule has 17 nitrogen and oxygen atoms in total. The standard InChI is InChI=1S/C85H146O17P2/c1-5-9-13-17-21-25-29-33-37-38-39-40-44-46-50-54-58-62-66-70-83(88)96-76-81(102-85(90)72-68-64-60-56-52-48-43-36-32-28-24-20-16-12-8-4)78-100-104(93,94)98-74-79(86)73-97-103(91,92)99-77-80(101-84(89)71-67-63-59-55-51-47-42-35-31-27-23-19-15-11-7-3)75-95-82(87)69-65-61-57-53-49-45-41-34-30-26-22-18-14-10-6-2/h10,12,14,16,21-22,24-26,28,33-34,36-37,39-41,43,52,56,79-81,86H,5-9,11,13,15,17-20,23,27,29-32,35,38,42,44-51,53-55,57-78H2,1-4H3,(H,91,92)(H,93,94)/b14-10-,16-12-,25-21-,26-22-,28-24-,37-33-,40-39-,41-34-,43-36-,56-52-. The van der Waals surface area contributed by atoms with E-state index in [1.54, 1.807) is 0 Å². The SMILES string of the molecule is CC/C=C\C/C=C\C/C=C\C/C=C\CCCCC(=O)OC(COC(=O)CCCCCCCC/C=C\C/C=C\C/C=C\CCCCC)COP(=O)(O)OCC(O)COP(=O)(O)OCC(COC(=O)CCCCCCC/C=C\C/C=C\C/C=C\CC)OC(=O)CCCCCCCCCCCCCCCCC. The van der Waals surface area contributed by atoms with Gasteiger partial charge in [0, 0.05) is 25.7 Å². The zero-order valence-corrected chi connectivity index (χ0v) is 67.2. The predicted octanol–water partition coefficient (Wildman–Crippen LogP) is 23.9. The van der Waals surface area contributed by atoms with Gasteiger partial charge in [0.1, 0.15) is 19.3 Å². The van der Waals surface area contributed by atoms with Crippen molar-refractivity contribution in [3.8, 4) is 0 Å². The summed E-state index contributed by atoms with van der Waals surface area (Å²) in [5, 5.41) is 10.6. The van der Waals surface area contributed by atoms with Crippen molar-refractivity contribution >= 4 is 39.5 Å². The Morgan fingerprint density at radius 3 is 0.808 bits per heavy atom. The smallest absolute Gasteiger partial charge is 0.462 e. The maximum Gasteiger partial charge on any atom is 0.472 e. The molecule has 0 rings (SSSR count). The quantitative estimate of drug-likeness (QED) is 0.0169. The van der Waals surface area contributed by atoms with Gasteiger partial charge >= 0.3 is 39.5 Å². The molecule has 5 unspecified atom stereocenters. The van der Waals surface area contributed by atoms with Crippen molar-refractivity contribution < 1.29 is 80.2 Å². The average Bonchev–Trinajstić information content (AvgIpc) is 0.999. The molecule has 0 saturated heterocycles. The molecule has 0 amide bonds. The summed E-state index contributed by atoms with van der Waals surface area (Å²) >= 11 is 0. The van der Waals surface area contributed by atoms with Crippen molar-refractivity contribution in [2.75, 3.05) is 39.6 Å². The molecule has 0 spiro atoms. The lowest BCUT2D eigenvalue weighted by Crippen LogP contribution is -2.30. The van der Waals surface area contributed by atoms with E-state index in [0.717, 1.165) is 167 Å². The summed E-state index contributed by atoms with van der Waals surface area (Å²) in [5.41, 5.74) is 0. The molecule has 0 aromatic rings. The molecule has 0 aromatic carbocycles. The number of allylic oxidation sites excluding steroid dienone is 20. The van der Waals surface area contributed by atoms with Gasteiger partial charge in [-0.1, -0.05) is 297 Å². The van der Waals surface area contributed by atoms with Gasteiger partial charge in [0.25, 0.3) is 0 Å². The third-order valence-electron chi connectivity index (χ3n) is 16.9. The van der Waals surface area contributed by atoms with Gasteiger partial charge in [0.15, 0.2) is 12.2 Å². The van der Waals surface area contributed by atoms with Gasteiger partial charge in [-0.3, -0.25) is 37.3 Å². The molecule has 0 aromatic heterocycles. The molecule has 0 radical (unpaired) electrons. The molecule has 598 valence electrons. The fraction of sp³-hybridized carbons (Fsp3) is 0.718. The highest BCUT2D eigenvalue weighted by molar-refractivity contribution is 7.47. The molecule has 0 fully saturated rings. The van der Waals surface area contributed by atoms with Gasteiger partial charge in [-0.05, 0) is 135 Å². The van der Waals surface area contributed by atoms with Gasteiger partial charge < -0.3 is 33.8 Å². The van der Waals surface area contributed by atoms with Crippen LogP contribution >= 0.6 is 15.6 Å². The van der Waals surface area contributed by atoms with Crippen LogP contribution in [0.5, 0.6) is 0 Å².